The van der Waals surface area contributed by atoms with Crippen molar-refractivity contribution in [2.24, 2.45) is 10.9 Å². The van der Waals surface area contributed by atoms with Crippen LogP contribution in [0.2, 0.25) is 0 Å². The summed E-state index contributed by atoms with van der Waals surface area (Å²) in [6.07, 6.45) is 4.44. The van der Waals surface area contributed by atoms with Gasteiger partial charge in [-0.15, -0.1) is 0 Å². The molecule has 7 heteroatoms. The Morgan fingerprint density at radius 2 is 1.96 bits per heavy atom. The monoisotopic (exact) mass is 364 g/mol. The number of hydrogen-bond donors (Lipinski definition) is 2. The second-order valence-corrected chi connectivity index (χ2v) is 9.04. The van der Waals surface area contributed by atoms with E-state index < -0.39 is 10.0 Å². The maximum absolute atomic E-state index is 12.8. The molecule has 0 spiro atoms. The smallest absolute Gasteiger partial charge is 0.243 e. The van der Waals surface area contributed by atoms with Gasteiger partial charge in [0.25, 0.3) is 0 Å². The van der Waals surface area contributed by atoms with Crippen molar-refractivity contribution in [2.45, 2.75) is 50.1 Å². The zero-order valence-electron chi connectivity index (χ0n) is 15.0. The van der Waals surface area contributed by atoms with Crippen LogP contribution in [0, 0.1) is 5.92 Å². The molecule has 1 aromatic rings. The van der Waals surface area contributed by atoms with Gasteiger partial charge in [0.1, 0.15) is 0 Å². The highest BCUT2D eigenvalue weighted by Crippen LogP contribution is 2.23. The number of rotatable bonds is 5. The molecule has 1 atom stereocenters. The molecule has 138 valence electrons. The summed E-state index contributed by atoms with van der Waals surface area (Å²) in [7, 11) is -1.62. The summed E-state index contributed by atoms with van der Waals surface area (Å²) in [6.45, 7) is 3.97. The molecule has 1 aliphatic heterocycles. The maximum Gasteiger partial charge on any atom is 0.243 e. The van der Waals surface area contributed by atoms with E-state index in [-0.39, 0.29) is 0 Å². The molecule has 3 rings (SSSR count). The van der Waals surface area contributed by atoms with Gasteiger partial charge in [-0.2, -0.15) is 4.31 Å². The number of benzene rings is 1. The van der Waals surface area contributed by atoms with Crippen LogP contribution in [0.15, 0.2) is 34.2 Å². The van der Waals surface area contributed by atoms with Gasteiger partial charge in [0.2, 0.25) is 10.0 Å². The van der Waals surface area contributed by atoms with E-state index in [4.69, 9.17) is 0 Å². The predicted octanol–water partition coefficient (Wildman–Crippen LogP) is 1.93. The van der Waals surface area contributed by atoms with Crippen molar-refractivity contribution in [1.82, 2.24) is 14.9 Å². The lowest BCUT2D eigenvalue weighted by Crippen LogP contribution is -2.39. The van der Waals surface area contributed by atoms with Crippen LogP contribution in [0.5, 0.6) is 0 Å². The Hall–Kier alpha value is -1.60. The van der Waals surface area contributed by atoms with Crippen molar-refractivity contribution in [2.75, 3.05) is 20.1 Å². The molecule has 1 aliphatic carbocycles. The summed E-state index contributed by atoms with van der Waals surface area (Å²) < 4.78 is 27.2. The third-order valence-electron chi connectivity index (χ3n) is 4.78. The van der Waals surface area contributed by atoms with Gasteiger partial charge in [0.15, 0.2) is 5.96 Å². The molecule has 2 fully saturated rings. The van der Waals surface area contributed by atoms with E-state index in [1.807, 2.05) is 12.1 Å². The minimum absolute atomic E-state index is 0.380. The maximum atomic E-state index is 12.8. The fourth-order valence-corrected chi connectivity index (χ4v) is 4.69. The lowest BCUT2D eigenvalue weighted by atomic mass is 10.0. The van der Waals surface area contributed by atoms with Crippen LogP contribution >= 0.6 is 0 Å². The second kappa shape index (κ2) is 7.74. The predicted molar refractivity (Wildman–Crippen MR) is 100.0 cm³/mol. The van der Waals surface area contributed by atoms with Crippen LogP contribution in [0.4, 0.5) is 0 Å². The number of sulfonamides is 1. The van der Waals surface area contributed by atoms with Crippen LogP contribution < -0.4 is 10.6 Å². The molecular formula is C18H28N4O2S. The number of hydrogen-bond acceptors (Lipinski definition) is 3. The number of guanidine groups is 1. The highest BCUT2D eigenvalue weighted by atomic mass is 32.2. The lowest BCUT2D eigenvalue weighted by Gasteiger charge is -2.30. The summed E-state index contributed by atoms with van der Waals surface area (Å²) in [5.41, 5.74) is 1.03. The van der Waals surface area contributed by atoms with Crippen molar-refractivity contribution in [3.8, 4) is 0 Å². The van der Waals surface area contributed by atoms with Gasteiger partial charge >= 0.3 is 0 Å². The van der Waals surface area contributed by atoms with E-state index in [1.54, 1.807) is 23.5 Å². The van der Waals surface area contributed by atoms with Gasteiger partial charge in [-0.1, -0.05) is 19.1 Å². The first-order chi connectivity index (χ1) is 12.0. The molecule has 1 aromatic carbocycles. The van der Waals surface area contributed by atoms with Gasteiger partial charge in [-0.25, -0.2) is 8.42 Å². The topological polar surface area (TPSA) is 73.8 Å². The Morgan fingerprint density at radius 3 is 2.56 bits per heavy atom. The van der Waals surface area contributed by atoms with Crippen LogP contribution in [-0.4, -0.2) is 44.9 Å². The molecule has 1 saturated carbocycles. The standard InChI is InChI=1S/C18H28N4O2S/c1-14-4-3-11-22(13-14)25(23,24)17-9-5-15(6-10-17)12-20-18(19-2)21-16-7-8-16/h5-6,9-10,14,16H,3-4,7-8,11-13H2,1-2H3,(H2,19,20,21). The van der Waals surface area contributed by atoms with Gasteiger partial charge in [-0.05, 0) is 49.3 Å². The molecular weight excluding hydrogens is 336 g/mol. The lowest BCUT2D eigenvalue weighted by molar-refractivity contribution is 0.281. The van der Waals surface area contributed by atoms with Gasteiger partial charge in [-0.3, -0.25) is 4.99 Å². The van der Waals surface area contributed by atoms with Crippen molar-refractivity contribution < 1.29 is 8.42 Å². The highest BCUT2D eigenvalue weighted by molar-refractivity contribution is 7.89. The molecule has 0 bridgehead atoms. The SMILES string of the molecule is CN=C(NCc1ccc(S(=O)(=O)N2CCCC(C)C2)cc1)NC1CC1. The summed E-state index contributed by atoms with van der Waals surface area (Å²) in [4.78, 5) is 4.58. The number of nitrogens with zero attached hydrogens (tertiary/aromatic N) is 2. The Morgan fingerprint density at radius 1 is 1.24 bits per heavy atom. The minimum Gasteiger partial charge on any atom is -0.354 e. The number of nitrogens with one attached hydrogen (secondary N) is 2. The van der Waals surface area contributed by atoms with E-state index >= 15 is 0 Å². The van der Waals surface area contributed by atoms with Crippen LogP contribution in [0.1, 0.15) is 38.2 Å². The first-order valence-corrected chi connectivity index (χ1v) is 10.5. The van der Waals surface area contributed by atoms with Gasteiger partial charge in [0.05, 0.1) is 4.90 Å². The second-order valence-electron chi connectivity index (χ2n) is 7.10. The number of piperidine rings is 1. The minimum atomic E-state index is -3.38. The third-order valence-corrected chi connectivity index (χ3v) is 6.66. The van der Waals surface area contributed by atoms with Gasteiger partial charge < -0.3 is 10.6 Å². The molecule has 2 aliphatic rings. The fraction of sp³-hybridized carbons (Fsp3) is 0.611. The quantitative estimate of drug-likeness (QED) is 0.618. The van der Waals surface area contributed by atoms with E-state index in [0.29, 0.717) is 36.5 Å². The van der Waals surface area contributed by atoms with Crippen molar-refractivity contribution in [3.05, 3.63) is 29.8 Å². The summed E-state index contributed by atoms with van der Waals surface area (Å²) >= 11 is 0. The molecule has 6 nitrogen and oxygen atoms in total. The van der Waals surface area contributed by atoms with Crippen LogP contribution in [0.25, 0.3) is 0 Å². The molecule has 0 aromatic heterocycles. The van der Waals surface area contributed by atoms with Gasteiger partial charge in [0, 0.05) is 32.7 Å². The summed E-state index contributed by atoms with van der Waals surface area (Å²) in [6, 6.07) is 7.71. The number of aliphatic imine (C=N–C) groups is 1. The average molecular weight is 365 g/mol. The third kappa shape index (κ3) is 4.73. The zero-order valence-corrected chi connectivity index (χ0v) is 15.8. The average Bonchev–Trinajstić information content (AvgIpc) is 3.43. The van der Waals surface area contributed by atoms with E-state index in [1.165, 1.54) is 12.8 Å². The van der Waals surface area contributed by atoms with E-state index in [2.05, 4.69) is 22.5 Å². The summed E-state index contributed by atoms with van der Waals surface area (Å²) in [5.74, 6) is 1.22. The molecule has 25 heavy (non-hydrogen) atoms. The first-order valence-electron chi connectivity index (χ1n) is 9.05. The fourth-order valence-electron chi connectivity index (χ4n) is 3.09. The first kappa shape index (κ1) is 18.2. The van der Waals surface area contributed by atoms with Crippen molar-refractivity contribution in [3.63, 3.8) is 0 Å². The Bertz CT molecular complexity index is 711. The Kier molecular flexibility index (Phi) is 5.64. The summed E-state index contributed by atoms with van der Waals surface area (Å²) in [5, 5.41) is 6.59. The van der Waals surface area contributed by atoms with E-state index in [9.17, 15) is 8.42 Å². The molecule has 2 N–H and O–H groups in total. The Labute approximate surface area is 150 Å². The Balaban J connectivity index is 1.61. The molecule has 0 amide bonds. The molecule has 1 unspecified atom stereocenters. The largest absolute Gasteiger partial charge is 0.354 e. The zero-order chi connectivity index (χ0) is 17.9. The van der Waals surface area contributed by atoms with Crippen LogP contribution in [0.3, 0.4) is 0 Å². The van der Waals surface area contributed by atoms with E-state index in [0.717, 1.165) is 24.4 Å². The normalized spacial score (nSPS) is 22.6. The molecule has 1 saturated heterocycles. The van der Waals surface area contributed by atoms with Crippen molar-refractivity contribution >= 4 is 16.0 Å². The van der Waals surface area contributed by atoms with Crippen LogP contribution in [-0.2, 0) is 16.6 Å². The van der Waals surface area contributed by atoms with Crippen molar-refractivity contribution in [1.29, 1.82) is 0 Å². The highest BCUT2D eigenvalue weighted by Gasteiger charge is 2.28. The molecule has 1 heterocycles. The molecule has 0 radical (unpaired) electrons.